The molecule has 18 heavy (non-hydrogen) atoms. The Hall–Kier alpha value is -1.31. The zero-order valence-corrected chi connectivity index (χ0v) is 10.1. The Bertz CT molecular complexity index is 439. The number of carbonyl (C=O) groups is 1. The number of anilines is 1. The summed E-state index contributed by atoms with van der Waals surface area (Å²) in [6.45, 7) is 0.521. The van der Waals surface area contributed by atoms with E-state index in [1.54, 1.807) is 4.90 Å². The van der Waals surface area contributed by atoms with Crippen molar-refractivity contribution in [3.8, 4) is 0 Å². The van der Waals surface area contributed by atoms with Gasteiger partial charge in [-0.3, -0.25) is 0 Å². The molecule has 0 aromatic carbocycles. The van der Waals surface area contributed by atoms with E-state index in [1.165, 1.54) is 6.20 Å². The normalized spacial score (nSPS) is 18.1. The lowest BCUT2D eigenvalue weighted by atomic mass is 9.97. The van der Waals surface area contributed by atoms with Gasteiger partial charge in [0.05, 0.1) is 12.1 Å². The van der Waals surface area contributed by atoms with Crippen LogP contribution in [0.1, 0.15) is 22.5 Å². The fraction of sp³-hybridized carbons (Fsp3) is 0.600. The second kappa shape index (κ2) is 4.75. The van der Waals surface area contributed by atoms with Gasteiger partial charge >= 0.3 is 12.1 Å². The first-order valence-electron chi connectivity index (χ1n) is 5.38. The number of thiazole rings is 1. The molecule has 1 aliphatic heterocycles. The molecular weight excluding hydrogens is 269 g/mol. The van der Waals surface area contributed by atoms with Crippen molar-refractivity contribution >= 4 is 22.4 Å². The number of aromatic nitrogens is 1. The number of carboxylic acid groups (broad SMARTS) is 1. The molecule has 8 heteroatoms. The highest BCUT2D eigenvalue weighted by Gasteiger charge is 2.41. The number of piperidine rings is 1. The molecule has 4 nitrogen and oxygen atoms in total. The number of carboxylic acids is 1. The van der Waals surface area contributed by atoms with Gasteiger partial charge in [0.2, 0.25) is 0 Å². The van der Waals surface area contributed by atoms with E-state index in [0.717, 1.165) is 11.3 Å². The van der Waals surface area contributed by atoms with Gasteiger partial charge < -0.3 is 10.0 Å². The summed E-state index contributed by atoms with van der Waals surface area (Å²) in [5.41, 5.74) is 0. The first-order valence-corrected chi connectivity index (χ1v) is 6.20. The van der Waals surface area contributed by atoms with Crippen LogP contribution in [-0.2, 0) is 0 Å². The number of alkyl halides is 3. The Morgan fingerprint density at radius 1 is 1.44 bits per heavy atom. The molecule has 0 saturated carbocycles. The number of halogens is 3. The predicted octanol–water partition coefficient (Wildman–Crippen LogP) is 2.62. The van der Waals surface area contributed by atoms with E-state index in [1.807, 2.05) is 0 Å². The number of nitrogens with zero attached hydrogens (tertiary/aromatic N) is 2. The largest absolute Gasteiger partial charge is 0.477 e. The maximum absolute atomic E-state index is 12.5. The second-order valence-corrected chi connectivity index (χ2v) is 5.12. The van der Waals surface area contributed by atoms with E-state index in [9.17, 15) is 18.0 Å². The van der Waals surface area contributed by atoms with Gasteiger partial charge in [0.15, 0.2) is 5.13 Å². The summed E-state index contributed by atoms with van der Waals surface area (Å²) in [5.74, 6) is -2.32. The third kappa shape index (κ3) is 2.74. The quantitative estimate of drug-likeness (QED) is 0.904. The molecule has 1 N–H and O–H groups in total. The van der Waals surface area contributed by atoms with Crippen molar-refractivity contribution in [1.29, 1.82) is 0 Å². The fourth-order valence-electron chi connectivity index (χ4n) is 1.91. The van der Waals surface area contributed by atoms with Gasteiger partial charge in [0.25, 0.3) is 0 Å². The first kappa shape index (κ1) is 13.1. The minimum Gasteiger partial charge on any atom is -0.477 e. The zero-order valence-electron chi connectivity index (χ0n) is 9.28. The molecule has 1 aliphatic rings. The van der Waals surface area contributed by atoms with Crippen LogP contribution in [-0.4, -0.2) is 35.3 Å². The van der Waals surface area contributed by atoms with Crippen molar-refractivity contribution in [3.63, 3.8) is 0 Å². The molecule has 1 saturated heterocycles. The maximum Gasteiger partial charge on any atom is 0.391 e. The minimum atomic E-state index is -4.14. The molecule has 2 rings (SSSR count). The highest BCUT2D eigenvalue weighted by Crippen LogP contribution is 2.36. The zero-order chi connectivity index (χ0) is 13.3. The van der Waals surface area contributed by atoms with Crippen LogP contribution < -0.4 is 4.90 Å². The van der Waals surface area contributed by atoms with Crippen molar-refractivity contribution in [2.75, 3.05) is 18.0 Å². The van der Waals surface area contributed by atoms with Crippen LogP contribution in [0, 0.1) is 5.92 Å². The molecule has 1 aromatic rings. The molecule has 0 amide bonds. The molecule has 100 valence electrons. The van der Waals surface area contributed by atoms with Gasteiger partial charge in [0.1, 0.15) is 4.88 Å². The molecule has 0 aliphatic carbocycles. The molecule has 1 aromatic heterocycles. The lowest BCUT2D eigenvalue weighted by Crippen LogP contribution is -2.38. The lowest BCUT2D eigenvalue weighted by Gasteiger charge is -2.32. The molecule has 0 unspecified atom stereocenters. The van der Waals surface area contributed by atoms with Gasteiger partial charge in [-0.05, 0) is 12.8 Å². The molecule has 1 fully saturated rings. The number of rotatable bonds is 2. The van der Waals surface area contributed by atoms with Crippen LogP contribution in [0.25, 0.3) is 0 Å². The van der Waals surface area contributed by atoms with Gasteiger partial charge in [-0.2, -0.15) is 13.2 Å². The van der Waals surface area contributed by atoms with E-state index >= 15 is 0 Å². The molecule has 0 bridgehead atoms. The van der Waals surface area contributed by atoms with Crippen molar-refractivity contribution < 1.29 is 23.1 Å². The average molecular weight is 280 g/mol. The van der Waals surface area contributed by atoms with E-state index in [2.05, 4.69) is 4.98 Å². The van der Waals surface area contributed by atoms with Crippen LogP contribution in [0.15, 0.2) is 6.20 Å². The van der Waals surface area contributed by atoms with E-state index in [-0.39, 0.29) is 30.8 Å². The summed E-state index contributed by atoms with van der Waals surface area (Å²) in [5, 5.41) is 9.23. The molecule has 2 heterocycles. The van der Waals surface area contributed by atoms with E-state index < -0.39 is 18.1 Å². The van der Waals surface area contributed by atoms with Crippen LogP contribution in [0.2, 0.25) is 0 Å². The predicted molar refractivity (Wildman–Crippen MR) is 60.1 cm³/mol. The van der Waals surface area contributed by atoms with Crippen molar-refractivity contribution in [3.05, 3.63) is 11.1 Å². The van der Waals surface area contributed by atoms with Gasteiger partial charge in [-0.15, -0.1) is 0 Å². The summed E-state index contributed by atoms with van der Waals surface area (Å²) in [7, 11) is 0. The molecule has 0 spiro atoms. The van der Waals surface area contributed by atoms with Crippen molar-refractivity contribution in [2.24, 2.45) is 5.92 Å². The SMILES string of the molecule is O=C(O)c1cnc(N2CCC(C(F)(F)F)CC2)s1. The third-order valence-corrected chi connectivity index (χ3v) is 3.98. The number of hydrogen-bond donors (Lipinski definition) is 1. The van der Waals surface area contributed by atoms with Crippen molar-refractivity contribution in [1.82, 2.24) is 4.98 Å². The topological polar surface area (TPSA) is 53.4 Å². The van der Waals surface area contributed by atoms with Gasteiger partial charge in [-0.1, -0.05) is 11.3 Å². The highest BCUT2D eigenvalue weighted by atomic mass is 32.1. The molecule has 0 atom stereocenters. The van der Waals surface area contributed by atoms with Gasteiger partial charge in [-0.25, -0.2) is 9.78 Å². The monoisotopic (exact) mass is 280 g/mol. The maximum atomic E-state index is 12.5. The Labute approximate surface area is 105 Å². The van der Waals surface area contributed by atoms with Crippen molar-refractivity contribution in [2.45, 2.75) is 19.0 Å². The second-order valence-electron chi connectivity index (χ2n) is 4.12. The molecular formula is C10H11F3N2O2S. The van der Waals surface area contributed by atoms with Crippen LogP contribution in [0.5, 0.6) is 0 Å². The summed E-state index contributed by atoms with van der Waals surface area (Å²) in [6.07, 6.45) is -2.84. The lowest BCUT2D eigenvalue weighted by molar-refractivity contribution is -0.179. The third-order valence-electron chi connectivity index (χ3n) is 2.93. The average Bonchev–Trinajstić information content (AvgIpc) is 2.77. The smallest absolute Gasteiger partial charge is 0.391 e. The standard InChI is InChI=1S/C10H11F3N2O2S/c11-10(12,13)6-1-3-15(4-2-6)9-14-5-7(18-9)8(16)17/h5-6H,1-4H2,(H,16,17). The fourth-order valence-corrected chi connectivity index (χ4v) is 2.71. The Morgan fingerprint density at radius 3 is 2.50 bits per heavy atom. The van der Waals surface area contributed by atoms with E-state index in [4.69, 9.17) is 5.11 Å². The number of aromatic carboxylic acids is 1. The summed E-state index contributed by atoms with van der Waals surface area (Å²) < 4.78 is 37.4. The highest BCUT2D eigenvalue weighted by molar-refractivity contribution is 7.17. The Morgan fingerprint density at radius 2 is 2.06 bits per heavy atom. The van der Waals surface area contributed by atoms with Crippen LogP contribution in [0.3, 0.4) is 0 Å². The first-order chi connectivity index (χ1) is 8.38. The summed E-state index contributed by atoms with van der Waals surface area (Å²) >= 11 is 0.990. The van der Waals surface area contributed by atoms with Crippen LogP contribution >= 0.6 is 11.3 Å². The van der Waals surface area contributed by atoms with Crippen LogP contribution in [0.4, 0.5) is 18.3 Å². The van der Waals surface area contributed by atoms with Gasteiger partial charge in [0, 0.05) is 13.1 Å². The minimum absolute atomic E-state index is 0.0332. The van der Waals surface area contributed by atoms with E-state index in [0.29, 0.717) is 5.13 Å². The Kier molecular flexibility index (Phi) is 3.47. The summed E-state index contributed by atoms with van der Waals surface area (Å²) in [4.78, 5) is 16.4. The number of hydrogen-bond acceptors (Lipinski definition) is 4. The molecule has 0 radical (unpaired) electrons. The Balaban J connectivity index is 1.99. The summed E-state index contributed by atoms with van der Waals surface area (Å²) in [6, 6.07) is 0.